The van der Waals surface area contributed by atoms with Crippen molar-refractivity contribution in [2.24, 2.45) is 0 Å². The molecule has 0 saturated heterocycles. The van der Waals surface area contributed by atoms with E-state index in [9.17, 15) is 4.79 Å². The van der Waals surface area contributed by atoms with Gasteiger partial charge in [-0.2, -0.15) is 0 Å². The van der Waals surface area contributed by atoms with Crippen LogP contribution in [-0.2, 0) is 13.0 Å². The predicted molar refractivity (Wildman–Crippen MR) is 88.5 cm³/mol. The standard InChI is InChI=1S/C19H21NO3/c21-11-4-12-23-18-8-3-7-16(13-18)19(22)20-10-9-15-5-1-2-6-17(15)14-20/h1-3,5-8,13,21H,4,9-12,14H2. The van der Waals surface area contributed by atoms with Gasteiger partial charge in [0, 0.05) is 31.7 Å². The SMILES string of the molecule is O=C(c1cccc(OCCCO)c1)N1CCc2ccccc2C1. The van der Waals surface area contributed by atoms with E-state index in [4.69, 9.17) is 9.84 Å². The lowest BCUT2D eigenvalue weighted by atomic mass is 9.99. The molecule has 1 N–H and O–H groups in total. The number of hydrogen-bond donors (Lipinski definition) is 1. The molecule has 1 heterocycles. The third-order valence-electron chi connectivity index (χ3n) is 4.07. The highest BCUT2D eigenvalue weighted by Gasteiger charge is 2.21. The summed E-state index contributed by atoms with van der Waals surface area (Å²) in [6.45, 7) is 1.95. The van der Waals surface area contributed by atoms with Crippen LogP contribution in [0.15, 0.2) is 48.5 Å². The smallest absolute Gasteiger partial charge is 0.254 e. The Kier molecular flexibility index (Phi) is 4.93. The quantitative estimate of drug-likeness (QED) is 0.864. The van der Waals surface area contributed by atoms with Crippen LogP contribution >= 0.6 is 0 Å². The third-order valence-corrected chi connectivity index (χ3v) is 4.07. The van der Waals surface area contributed by atoms with Gasteiger partial charge in [0.05, 0.1) is 6.61 Å². The summed E-state index contributed by atoms with van der Waals surface area (Å²) in [5.41, 5.74) is 3.20. The van der Waals surface area contributed by atoms with E-state index in [-0.39, 0.29) is 12.5 Å². The molecule has 3 rings (SSSR count). The Hall–Kier alpha value is -2.33. The zero-order chi connectivity index (χ0) is 16.1. The molecule has 0 aliphatic carbocycles. The number of aliphatic hydroxyl groups is 1. The summed E-state index contributed by atoms with van der Waals surface area (Å²) in [6, 6.07) is 15.5. The molecular weight excluding hydrogens is 290 g/mol. The predicted octanol–water partition coefficient (Wildman–Crippen LogP) is 2.65. The number of nitrogens with zero attached hydrogens (tertiary/aromatic N) is 1. The number of aliphatic hydroxyl groups excluding tert-OH is 1. The summed E-state index contributed by atoms with van der Waals surface area (Å²) < 4.78 is 5.55. The Balaban J connectivity index is 1.70. The average Bonchev–Trinajstić information content (AvgIpc) is 2.61. The molecule has 1 aliphatic rings. The van der Waals surface area contributed by atoms with Crippen molar-refractivity contribution in [1.29, 1.82) is 0 Å². The fourth-order valence-electron chi connectivity index (χ4n) is 2.83. The van der Waals surface area contributed by atoms with E-state index >= 15 is 0 Å². The van der Waals surface area contributed by atoms with Gasteiger partial charge in [0.25, 0.3) is 5.91 Å². The van der Waals surface area contributed by atoms with Gasteiger partial charge in [-0.1, -0.05) is 30.3 Å². The number of hydrogen-bond acceptors (Lipinski definition) is 3. The van der Waals surface area contributed by atoms with E-state index in [2.05, 4.69) is 12.1 Å². The number of ether oxygens (including phenoxy) is 1. The van der Waals surface area contributed by atoms with Gasteiger partial charge in [-0.05, 0) is 35.7 Å². The molecule has 4 nitrogen and oxygen atoms in total. The van der Waals surface area contributed by atoms with Gasteiger partial charge in [0.2, 0.25) is 0 Å². The van der Waals surface area contributed by atoms with E-state index in [0.717, 1.165) is 13.0 Å². The van der Waals surface area contributed by atoms with Crippen LogP contribution in [0.5, 0.6) is 5.75 Å². The van der Waals surface area contributed by atoms with Crippen LogP contribution in [0.2, 0.25) is 0 Å². The van der Waals surface area contributed by atoms with Crippen molar-refractivity contribution in [3.63, 3.8) is 0 Å². The van der Waals surface area contributed by atoms with Gasteiger partial charge < -0.3 is 14.7 Å². The molecular formula is C19H21NO3. The van der Waals surface area contributed by atoms with Gasteiger partial charge in [-0.25, -0.2) is 0 Å². The van der Waals surface area contributed by atoms with Gasteiger partial charge in [0.15, 0.2) is 0 Å². The van der Waals surface area contributed by atoms with Crippen LogP contribution in [0.3, 0.4) is 0 Å². The number of carbonyl (C=O) groups excluding carboxylic acids is 1. The maximum absolute atomic E-state index is 12.7. The highest BCUT2D eigenvalue weighted by atomic mass is 16.5. The van der Waals surface area contributed by atoms with E-state index in [0.29, 0.717) is 30.9 Å². The van der Waals surface area contributed by atoms with Crippen molar-refractivity contribution in [2.75, 3.05) is 19.8 Å². The molecule has 0 spiro atoms. The fourth-order valence-corrected chi connectivity index (χ4v) is 2.83. The Morgan fingerprint density at radius 3 is 2.78 bits per heavy atom. The number of amides is 1. The topological polar surface area (TPSA) is 49.8 Å². The summed E-state index contributed by atoms with van der Waals surface area (Å²) in [6.07, 6.45) is 1.48. The second-order valence-electron chi connectivity index (χ2n) is 5.70. The van der Waals surface area contributed by atoms with Crippen molar-refractivity contribution in [1.82, 2.24) is 4.90 Å². The van der Waals surface area contributed by atoms with Crippen LogP contribution in [0.25, 0.3) is 0 Å². The van der Waals surface area contributed by atoms with Crippen molar-refractivity contribution in [2.45, 2.75) is 19.4 Å². The average molecular weight is 311 g/mol. The Bertz CT molecular complexity index is 684. The fraction of sp³-hybridized carbons (Fsp3) is 0.316. The lowest BCUT2D eigenvalue weighted by Crippen LogP contribution is -2.35. The summed E-state index contributed by atoms with van der Waals surface area (Å²) >= 11 is 0. The maximum Gasteiger partial charge on any atom is 0.254 e. The molecule has 23 heavy (non-hydrogen) atoms. The van der Waals surface area contributed by atoms with Gasteiger partial charge in [-0.15, -0.1) is 0 Å². The first-order chi connectivity index (χ1) is 11.3. The number of benzene rings is 2. The molecule has 2 aromatic carbocycles. The highest BCUT2D eigenvalue weighted by molar-refractivity contribution is 5.94. The molecule has 4 heteroatoms. The van der Waals surface area contributed by atoms with Crippen LogP contribution in [-0.4, -0.2) is 35.7 Å². The summed E-state index contributed by atoms with van der Waals surface area (Å²) in [7, 11) is 0. The molecule has 1 aliphatic heterocycles. The number of carbonyl (C=O) groups is 1. The minimum Gasteiger partial charge on any atom is -0.493 e. The second-order valence-corrected chi connectivity index (χ2v) is 5.70. The lowest BCUT2D eigenvalue weighted by molar-refractivity contribution is 0.0734. The first-order valence-electron chi connectivity index (χ1n) is 7.98. The van der Waals surface area contributed by atoms with E-state index in [1.807, 2.05) is 35.2 Å². The minimum atomic E-state index is 0.0344. The third kappa shape index (κ3) is 3.71. The molecule has 0 aromatic heterocycles. The van der Waals surface area contributed by atoms with Crippen molar-refractivity contribution in [3.8, 4) is 5.75 Å². The molecule has 120 valence electrons. The largest absolute Gasteiger partial charge is 0.493 e. The van der Waals surface area contributed by atoms with E-state index < -0.39 is 0 Å². The highest BCUT2D eigenvalue weighted by Crippen LogP contribution is 2.21. The molecule has 2 aromatic rings. The van der Waals surface area contributed by atoms with Crippen molar-refractivity contribution >= 4 is 5.91 Å². The summed E-state index contributed by atoms with van der Waals surface area (Å²) in [5.74, 6) is 0.703. The molecule has 0 radical (unpaired) electrons. The van der Waals surface area contributed by atoms with E-state index in [1.54, 1.807) is 6.07 Å². The molecule has 0 bridgehead atoms. The zero-order valence-electron chi connectivity index (χ0n) is 13.1. The Morgan fingerprint density at radius 2 is 1.96 bits per heavy atom. The van der Waals surface area contributed by atoms with Crippen LogP contribution in [0.1, 0.15) is 27.9 Å². The van der Waals surface area contributed by atoms with Crippen LogP contribution in [0, 0.1) is 0 Å². The van der Waals surface area contributed by atoms with Gasteiger partial charge >= 0.3 is 0 Å². The maximum atomic E-state index is 12.7. The van der Waals surface area contributed by atoms with Crippen LogP contribution in [0.4, 0.5) is 0 Å². The molecule has 0 saturated carbocycles. The molecule has 1 amide bonds. The van der Waals surface area contributed by atoms with Gasteiger partial charge in [0.1, 0.15) is 5.75 Å². The molecule has 0 atom stereocenters. The summed E-state index contributed by atoms with van der Waals surface area (Å²) in [5, 5.41) is 8.80. The molecule has 0 fully saturated rings. The van der Waals surface area contributed by atoms with E-state index in [1.165, 1.54) is 11.1 Å². The monoisotopic (exact) mass is 311 g/mol. The second kappa shape index (κ2) is 7.29. The number of rotatable bonds is 5. The Morgan fingerprint density at radius 1 is 1.13 bits per heavy atom. The Labute approximate surface area is 136 Å². The first-order valence-corrected chi connectivity index (χ1v) is 7.98. The van der Waals surface area contributed by atoms with Crippen molar-refractivity contribution < 1.29 is 14.6 Å². The summed E-state index contributed by atoms with van der Waals surface area (Å²) in [4.78, 5) is 14.6. The van der Waals surface area contributed by atoms with Gasteiger partial charge in [-0.3, -0.25) is 4.79 Å². The van der Waals surface area contributed by atoms with Crippen LogP contribution < -0.4 is 4.74 Å². The molecule has 0 unspecified atom stereocenters. The van der Waals surface area contributed by atoms with Crippen molar-refractivity contribution in [3.05, 3.63) is 65.2 Å². The minimum absolute atomic E-state index is 0.0344. The number of fused-ring (bicyclic) bond motifs is 1. The normalized spacial score (nSPS) is 13.5. The first kappa shape index (κ1) is 15.6. The zero-order valence-corrected chi connectivity index (χ0v) is 13.1. The lowest BCUT2D eigenvalue weighted by Gasteiger charge is -2.29.